The first kappa shape index (κ1) is 14.2. The summed E-state index contributed by atoms with van der Waals surface area (Å²) in [6.45, 7) is 8.21. The number of hydrogen-bond donors (Lipinski definition) is 2. The Morgan fingerprint density at radius 2 is 1.76 bits per heavy atom. The summed E-state index contributed by atoms with van der Waals surface area (Å²) in [5.41, 5.74) is 1.40. The molecule has 0 aromatic heterocycles. The van der Waals surface area contributed by atoms with Gasteiger partial charge < -0.3 is 10.4 Å². The summed E-state index contributed by atoms with van der Waals surface area (Å²) in [4.78, 5) is 0. The van der Waals surface area contributed by atoms with E-state index in [9.17, 15) is 5.11 Å². The topological polar surface area (TPSA) is 32.3 Å². The predicted octanol–water partition coefficient (Wildman–Crippen LogP) is 2.79. The minimum absolute atomic E-state index is 0.211. The fourth-order valence-corrected chi connectivity index (χ4v) is 2.01. The third-order valence-corrected chi connectivity index (χ3v) is 3.14. The first-order chi connectivity index (χ1) is 8.11. The van der Waals surface area contributed by atoms with Gasteiger partial charge in [0.25, 0.3) is 0 Å². The van der Waals surface area contributed by atoms with Crippen LogP contribution in [0.5, 0.6) is 0 Å². The van der Waals surface area contributed by atoms with E-state index in [1.165, 1.54) is 5.56 Å². The van der Waals surface area contributed by atoms with E-state index in [1.54, 1.807) is 0 Å². The van der Waals surface area contributed by atoms with Crippen molar-refractivity contribution in [1.29, 1.82) is 0 Å². The van der Waals surface area contributed by atoms with E-state index < -0.39 is 0 Å². The van der Waals surface area contributed by atoms with E-state index in [4.69, 9.17) is 0 Å². The molecule has 0 saturated carbocycles. The Labute approximate surface area is 105 Å². The number of aliphatic hydroxyl groups excluding tert-OH is 1. The molecular formula is C15H25NO. The molecule has 2 unspecified atom stereocenters. The van der Waals surface area contributed by atoms with Crippen molar-refractivity contribution >= 4 is 0 Å². The van der Waals surface area contributed by atoms with E-state index in [2.05, 4.69) is 49.5 Å². The molecule has 0 aliphatic rings. The maximum Gasteiger partial charge on any atom is 0.0524 e. The fourth-order valence-electron chi connectivity index (χ4n) is 2.01. The molecular weight excluding hydrogens is 210 g/mol. The third-order valence-electron chi connectivity index (χ3n) is 3.14. The molecule has 1 aromatic carbocycles. The largest absolute Gasteiger partial charge is 0.393 e. The molecule has 0 spiro atoms. The highest BCUT2D eigenvalue weighted by Gasteiger charge is 2.14. The summed E-state index contributed by atoms with van der Waals surface area (Å²) in [5, 5.41) is 12.6. The van der Waals surface area contributed by atoms with Crippen LogP contribution < -0.4 is 5.32 Å². The lowest BCUT2D eigenvalue weighted by Crippen LogP contribution is -2.27. The molecule has 0 amide bonds. The Hall–Kier alpha value is -0.860. The molecule has 0 saturated heterocycles. The van der Waals surface area contributed by atoms with Crippen molar-refractivity contribution in [3.05, 3.63) is 35.9 Å². The molecule has 1 rings (SSSR count). The van der Waals surface area contributed by atoms with Crippen LogP contribution in [0.2, 0.25) is 0 Å². The molecule has 0 fully saturated rings. The van der Waals surface area contributed by atoms with Gasteiger partial charge in [0.2, 0.25) is 0 Å². The second-order valence-corrected chi connectivity index (χ2v) is 5.10. The van der Waals surface area contributed by atoms with Crippen LogP contribution in [0.1, 0.15) is 38.7 Å². The number of rotatable bonds is 7. The molecule has 0 bridgehead atoms. The third kappa shape index (κ3) is 5.33. The molecule has 0 radical (unpaired) electrons. The minimum Gasteiger partial charge on any atom is -0.393 e. The second-order valence-electron chi connectivity index (χ2n) is 5.10. The minimum atomic E-state index is -0.211. The summed E-state index contributed by atoms with van der Waals surface area (Å²) < 4.78 is 0. The Morgan fingerprint density at radius 3 is 2.29 bits per heavy atom. The fraction of sp³-hybridized carbons (Fsp3) is 0.600. The Kier molecular flexibility index (Phi) is 6.23. The maximum atomic E-state index is 9.20. The number of hydrogen-bond acceptors (Lipinski definition) is 2. The van der Waals surface area contributed by atoms with Crippen LogP contribution in [0, 0.1) is 5.92 Å². The number of aliphatic hydroxyl groups is 1. The van der Waals surface area contributed by atoms with E-state index in [1.807, 2.05) is 6.92 Å². The Balaban J connectivity index is 2.45. The summed E-state index contributed by atoms with van der Waals surface area (Å²) in [5.74, 6) is 1.17. The smallest absolute Gasteiger partial charge is 0.0524 e. The molecule has 2 N–H and O–H groups in total. The number of nitrogens with one attached hydrogen (secondary N) is 1. The molecule has 0 aliphatic carbocycles. The van der Waals surface area contributed by atoms with Crippen LogP contribution in [-0.2, 0) is 0 Å². The van der Waals surface area contributed by atoms with Crippen molar-refractivity contribution in [2.45, 2.75) is 39.2 Å². The molecule has 96 valence electrons. The van der Waals surface area contributed by atoms with Gasteiger partial charge in [-0.3, -0.25) is 0 Å². The summed E-state index contributed by atoms with van der Waals surface area (Å²) >= 11 is 0. The van der Waals surface area contributed by atoms with Crippen LogP contribution in [0.3, 0.4) is 0 Å². The lowest BCUT2D eigenvalue weighted by molar-refractivity contribution is 0.183. The summed E-state index contributed by atoms with van der Waals surface area (Å²) in [6.07, 6.45) is 0.608. The van der Waals surface area contributed by atoms with Crippen LogP contribution in [0.4, 0.5) is 0 Å². The van der Waals surface area contributed by atoms with Crippen LogP contribution in [0.25, 0.3) is 0 Å². The van der Waals surface area contributed by atoms with Crippen LogP contribution >= 0.6 is 0 Å². The van der Waals surface area contributed by atoms with Crippen molar-refractivity contribution < 1.29 is 5.11 Å². The Bertz CT molecular complexity index is 295. The van der Waals surface area contributed by atoms with Gasteiger partial charge >= 0.3 is 0 Å². The van der Waals surface area contributed by atoms with Crippen molar-refractivity contribution in [2.24, 2.45) is 5.92 Å². The van der Waals surface area contributed by atoms with Crippen molar-refractivity contribution in [3.63, 3.8) is 0 Å². The SMILES string of the molecule is CC(O)CCNCC(c1ccccc1)C(C)C. The van der Waals surface area contributed by atoms with E-state index in [-0.39, 0.29) is 6.10 Å². The first-order valence-corrected chi connectivity index (χ1v) is 6.55. The molecule has 1 aromatic rings. The lowest BCUT2D eigenvalue weighted by Gasteiger charge is -2.22. The van der Waals surface area contributed by atoms with Gasteiger partial charge in [-0.05, 0) is 37.3 Å². The monoisotopic (exact) mass is 235 g/mol. The van der Waals surface area contributed by atoms with Gasteiger partial charge in [0.15, 0.2) is 0 Å². The van der Waals surface area contributed by atoms with E-state index >= 15 is 0 Å². The predicted molar refractivity (Wildman–Crippen MR) is 73.2 cm³/mol. The lowest BCUT2D eigenvalue weighted by atomic mass is 9.88. The van der Waals surface area contributed by atoms with Gasteiger partial charge in [0.05, 0.1) is 6.10 Å². The molecule has 2 heteroatoms. The van der Waals surface area contributed by atoms with Gasteiger partial charge in [0.1, 0.15) is 0 Å². The highest BCUT2D eigenvalue weighted by atomic mass is 16.3. The standard InChI is InChI=1S/C15H25NO/c1-12(2)15(11-16-10-9-13(3)17)14-7-5-4-6-8-14/h4-8,12-13,15-17H,9-11H2,1-3H3. The normalized spacial score (nSPS) is 14.9. The van der Waals surface area contributed by atoms with Gasteiger partial charge in [-0.2, -0.15) is 0 Å². The molecule has 17 heavy (non-hydrogen) atoms. The summed E-state index contributed by atoms with van der Waals surface area (Å²) in [6, 6.07) is 10.6. The zero-order valence-electron chi connectivity index (χ0n) is 11.2. The second kappa shape index (κ2) is 7.46. The van der Waals surface area contributed by atoms with Crippen molar-refractivity contribution in [1.82, 2.24) is 5.32 Å². The van der Waals surface area contributed by atoms with E-state index in [0.717, 1.165) is 19.5 Å². The van der Waals surface area contributed by atoms with Crippen molar-refractivity contribution in [2.75, 3.05) is 13.1 Å². The average molecular weight is 235 g/mol. The molecule has 0 heterocycles. The molecule has 2 atom stereocenters. The zero-order valence-corrected chi connectivity index (χ0v) is 11.2. The zero-order chi connectivity index (χ0) is 12.7. The molecule has 0 aliphatic heterocycles. The first-order valence-electron chi connectivity index (χ1n) is 6.55. The number of benzene rings is 1. The highest BCUT2D eigenvalue weighted by Crippen LogP contribution is 2.23. The van der Waals surface area contributed by atoms with Gasteiger partial charge in [-0.1, -0.05) is 44.2 Å². The van der Waals surface area contributed by atoms with Crippen LogP contribution in [0.15, 0.2) is 30.3 Å². The van der Waals surface area contributed by atoms with Crippen LogP contribution in [-0.4, -0.2) is 24.3 Å². The van der Waals surface area contributed by atoms with Gasteiger partial charge in [-0.25, -0.2) is 0 Å². The Morgan fingerprint density at radius 1 is 1.12 bits per heavy atom. The van der Waals surface area contributed by atoms with E-state index in [0.29, 0.717) is 11.8 Å². The van der Waals surface area contributed by atoms with Crippen molar-refractivity contribution in [3.8, 4) is 0 Å². The molecule has 2 nitrogen and oxygen atoms in total. The summed E-state index contributed by atoms with van der Waals surface area (Å²) in [7, 11) is 0. The van der Waals surface area contributed by atoms with Gasteiger partial charge in [-0.15, -0.1) is 0 Å². The quantitative estimate of drug-likeness (QED) is 0.712. The maximum absolute atomic E-state index is 9.20. The van der Waals surface area contributed by atoms with Gasteiger partial charge in [0, 0.05) is 6.54 Å². The highest BCUT2D eigenvalue weighted by molar-refractivity contribution is 5.20. The average Bonchev–Trinajstić information content (AvgIpc) is 2.29.